The smallest absolute Gasteiger partial charge is 0.261 e. The highest BCUT2D eigenvalue weighted by Crippen LogP contribution is 2.29. The Labute approximate surface area is 387 Å². The van der Waals surface area contributed by atoms with Gasteiger partial charge in [0.25, 0.3) is 11.8 Å². The van der Waals surface area contributed by atoms with Crippen molar-refractivity contribution >= 4 is 58.0 Å². The van der Waals surface area contributed by atoms with Gasteiger partial charge in [-0.25, -0.2) is 0 Å². The van der Waals surface area contributed by atoms with E-state index in [1.807, 2.05) is 26.8 Å². The topological polar surface area (TPSA) is 326 Å². The van der Waals surface area contributed by atoms with Gasteiger partial charge in [0.05, 0.1) is 0 Å². The van der Waals surface area contributed by atoms with E-state index in [1.165, 1.54) is 4.90 Å². The summed E-state index contributed by atoms with van der Waals surface area (Å²) in [5.74, 6) is -2.08. The van der Waals surface area contributed by atoms with Crippen molar-refractivity contribution in [1.29, 1.82) is 0 Å². The third-order valence-corrected chi connectivity index (χ3v) is 10.8. The lowest BCUT2D eigenvalue weighted by Gasteiger charge is -2.30. The fourth-order valence-electron chi connectivity index (χ4n) is 7.17. The highest BCUT2D eigenvalue weighted by molar-refractivity contribution is 6.25. The van der Waals surface area contributed by atoms with Crippen molar-refractivity contribution in [3.8, 4) is 0 Å². The van der Waals surface area contributed by atoms with Gasteiger partial charge in [0.2, 0.25) is 35.4 Å². The van der Waals surface area contributed by atoms with Crippen LogP contribution in [0.2, 0.25) is 0 Å². The molecule has 14 N–H and O–H groups in total. The number of nitrogens with zero attached hydrogens (tertiary/aromatic N) is 4. The lowest BCUT2D eigenvalue weighted by Crippen LogP contribution is -2.46. The van der Waals surface area contributed by atoms with Gasteiger partial charge in [-0.05, 0) is 17.5 Å². The number of nitrogens with one attached hydrogen (secondary N) is 6. The first kappa shape index (κ1) is 54.7. The van der Waals surface area contributed by atoms with Crippen LogP contribution in [0.4, 0.5) is 0 Å². The Morgan fingerprint density at radius 1 is 0.409 bits per heavy atom. The molecule has 66 heavy (non-hydrogen) atoms. The second kappa shape index (κ2) is 31.3. The molecule has 0 unspecified atom stereocenters. The predicted octanol–water partition coefficient (Wildman–Crippen LogP) is -3.79. The number of imide groups is 1. The molecule has 1 heterocycles. The van der Waals surface area contributed by atoms with Crippen LogP contribution in [-0.4, -0.2) is 198 Å². The molecule has 0 spiro atoms. The number of carbonyl (C=O) groups excluding carboxylic acids is 8. The zero-order valence-electron chi connectivity index (χ0n) is 38.2. The Morgan fingerprint density at radius 3 is 1.00 bits per heavy atom. The van der Waals surface area contributed by atoms with E-state index in [1.54, 1.807) is 24.3 Å². The molecule has 0 aromatic heterocycles. The number of rotatable bonds is 35. The molecule has 22 heteroatoms. The third kappa shape index (κ3) is 20.3. The van der Waals surface area contributed by atoms with Gasteiger partial charge in [-0.3, -0.25) is 43.3 Å². The molecular weight excluding hydrogens is 853 g/mol. The monoisotopic (exact) mass is 925 g/mol. The summed E-state index contributed by atoms with van der Waals surface area (Å²) in [6.07, 6.45) is 0.826. The Morgan fingerprint density at radius 2 is 0.697 bits per heavy atom. The second-order valence-corrected chi connectivity index (χ2v) is 15.8. The number of benzene rings is 2. The van der Waals surface area contributed by atoms with Crippen LogP contribution in [0, 0.1) is 0 Å². The summed E-state index contributed by atoms with van der Waals surface area (Å²) in [6, 6.07) is 10.6. The van der Waals surface area contributed by atoms with Gasteiger partial charge in [0, 0.05) is 186 Å². The maximum absolute atomic E-state index is 13.7. The highest BCUT2D eigenvalue weighted by atomic mass is 16.2. The lowest BCUT2D eigenvalue weighted by atomic mass is 9.94. The first-order valence-corrected chi connectivity index (χ1v) is 22.9. The molecule has 0 fully saturated rings. The van der Waals surface area contributed by atoms with Crippen molar-refractivity contribution < 1.29 is 38.4 Å². The molecule has 22 nitrogen and oxygen atoms in total. The van der Waals surface area contributed by atoms with E-state index in [4.69, 9.17) is 22.9 Å². The number of hydrogen-bond donors (Lipinski definition) is 10. The van der Waals surface area contributed by atoms with Crippen molar-refractivity contribution in [2.75, 3.05) is 131 Å². The average Bonchev–Trinajstić information content (AvgIpc) is 3.32. The van der Waals surface area contributed by atoms with Crippen LogP contribution < -0.4 is 54.8 Å². The van der Waals surface area contributed by atoms with Gasteiger partial charge in [-0.15, -0.1) is 0 Å². The summed E-state index contributed by atoms with van der Waals surface area (Å²) in [4.78, 5) is 110. The maximum Gasteiger partial charge on any atom is 0.261 e. The number of amides is 8. The molecule has 2 aromatic rings. The van der Waals surface area contributed by atoms with Crippen molar-refractivity contribution in [3.63, 3.8) is 0 Å². The van der Waals surface area contributed by atoms with Crippen LogP contribution in [0.15, 0.2) is 36.4 Å². The molecule has 0 atom stereocenters. The van der Waals surface area contributed by atoms with Gasteiger partial charge >= 0.3 is 0 Å². The zero-order chi connectivity index (χ0) is 48.1. The SMILES string of the molecule is NCCNC(=O)CCN(CCNC(=O)CCN(CCC(=O)NCCN(CCC(=O)NCCN)CCC(=O)NCCN)CCN1C(=O)c2cccc3cccc(c23)C1=O)CCC(=O)NCCN. The summed E-state index contributed by atoms with van der Waals surface area (Å²) in [5, 5.41) is 18.1. The van der Waals surface area contributed by atoms with Crippen LogP contribution in [0.1, 0.15) is 59.2 Å². The predicted molar refractivity (Wildman–Crippen MR) is 251 cm³/mol. The fraction of sp³-hybridized carbons (Fsp3) is 0.591. The van der Waals surface area contributed by atoms with E-state index in [9.17, 15) is 38.4 Å². The van der Waals surface area contributed by atoms with Crippen LogP contribution >= 0.6 is 0 Å². The molecular formula is C44H72N14O8. The Hall–Kier alpha value is -5.62. The van der Waals surface area contributed by atoms with Crippen LogP contribution in [0.3, 0.4) is 0 Å². The fourth-order valence-corrected chi connectivity index (χ4v) is 7.17. The van der Waals surface area contributed by atoms with Gasteiger partial charge < -0.3 is 69.5 Å². The molecule has 1 aliphatic rings. The minimum absolute atomic E-state index is 0.0188. The number of hydrogen-bond acceptors (Lipinski definition) is 15. The van der Waals surface area contributed by atoms with Crippen LogP contribution in [0.5, 0.6) is 0 Å². The molecule has 3 rings (SSSR count). The minimum atomic E-state index is -0.420. The van der Waals surface area contributed by atoms with Crippen molar-refractivity contribution in [2.24, 2.45) is 22.9 Å². The summed E-state index contributed by atoms with van der Waals surface area (Å²) in [5.41, 5.74) is 22.8. The van der Waals surface area contributed by atoms with Crippen LogP contribution in [-0.2, 0) is 28.8 Å². The molecule has 0 radical (unpaired) electrons. The largest absolute Gasteiger partial charge is 0.355 e. The highest BCUT2D eigenvalue weighted by Gasteiger charge is 2.32. The molecule has 2 aromatic carbocycles. The standard InChI is InChI=1S/C44H72N14O8/c45-13-17-49-36(59)7-23-55(24-8-37(60)50-18-14-46)29-21-53-40(63)11-27-57(31-32-58-43(65)34-5-1-3-33-4-2-6-35(42(33)34)44(58)66)28-12-41(64)54-22-30-56(25-9-38(61)51-19-15-47)26-10-39(62)52-20-16-48/h1-6H,7-32,45-48H2,(H,49,59)(H,50,60)(H,51,61)(H,52,62)(H,53,63)(H,54,64). The molecule has 8 amide bonds. The maximum atomic E-state index is 13.7. The molecule has 1 aliphatic heterocycles. The quantitative estimate of drug-likeness (QED) is 0.0297. The van der Waals surface area contributed by atoms with Gasteiger partial charge in [-0.1, -0.05) is 24.3 Å². The summed E-state index contributed by atoms with van der Waals surface area (Å²) >= 11 is 0. The number of carbonyl (C=O) groups is 8. The molecule has 366 valence electrons. The first-order valence-electron chi connectivity index (χ1n) is 22.9. The number of nitrogens with two attached hydrogens (primary N) is 4. The molecule has 0 saturated carbocycles. The van der Waals surface area contributed by atoms with E-state index >= 15 is 0 Å². The van der Waals surface area contributed by atoms with E-state index in [0.29, 0.717) is 108 Å². The van der Waals surface area contributed by atoms with Gasteiger partial charge in [0.15, 0.2) is 0 Å². The summed E-state index contributed by atoms with van der Waals surface area (Å²) in [6.45, 7) is 5.93. The van der Waals surface area contributed by atoms with Gasteiger partial charge in [0.1, 0.15) is 0 Å². The molecule has 0 aliphatic carbocycles. The lowest BCUT2D eigenvalue weighted by molar-refractivity contribution is -0.123. The van der Waals surface area contributed by atoms with Crippen molar-refractivity contribution in [1.82, 2.24) is 51.5 Å². The van der Waals surface area contributed by atoms with Crippen molar-refractivity contribution in [2.45, 2.75) is 38.5 Å². The summed E-state index contributed by atoms with van der Waals surface area (Å²) < 4.78 is 0. The van der Waals surface area contributed by atoms with E-state index < -0.39 is 11.8 Å². The first-order chi connectivity index (χ1) is 31.9. The van der Waals surface area contributed by atoms with Crippen molar-refractivity contribution in [3.05, 3.63) is 47.5 Å². The van der Waals surface area contributed by atoms with E-state index in [-0.39, 0.29) is 113 Å². The summed E-state index contributed by atoms with van der Waals surface area (Å²) in [7, 11) is 0. The molecule has 0 saturated heterocycles. The van der Waals surface area contributed by atoms with Gasteiger partial charge in [-0.2, -0.15) is 0 Å². The van der Waals surface area contributed by atoms with E-state index in [2.05, 4.69) is 31.9 Å². The Kier molecular flexibility index (Phi) is 26.0. The van der Waals surface area contributed by atoms with Crippen LogP contribution in [0.25, 0.3) is 10.8 Å². The Bertz CT molecular complexity index is 1730. The third-order valence-electron chi connectivity index (χ3n) is 10.8. The minimum Gasteiger partial charge on any atom is -0.355 e. The zero-order valence-corrected chi connectivity index (χ0v) is 38.2. The normalized spacial score (nSPS) is 12.2. The molecule has 0 bridgehead atoms. The Balaban J connectivity index is 1.62. The second-order valence-electron chi connectivity index (χ2n) is 15.8. The average molecular weight is 925 g/mol. The van der Waals surface area contributed by atoms with E-state index in [0.717, 1.165) is 5.39 Å².